The average molecular weight is 276 g/mol. The molecule has 1 saturated heterocycles. The number of nitrogens with two attached hydrogens (primary N) is 1. The van der Waals surface area contributed by atoms with Crippen molar-refractivity contribution in [3.8, 4) is 0 Å². The molecule has 6 heteroatoms. The molecule has 1 atom stereocenters. The summed E-state index contributed by atoms with van der Waals surface area (Å²) >= 11 is 0. The van der Waals surface area contributed by atoms with Crippen molar-refractivity contribution in [3.63, 3.8) is 0 Å². The van der Waals surface area contributed by atoms with Crippen molar-refractivity contribution >= 4 is 33.4 Å². The fourth-order valence-corrected chi connectivity index (χ4v) is 4.66. The van der Waals surface area contributed by atoms with Crippen LogP contribution in [0.5, 0.6) is 0 Å². The average Bonchev–Trinajstić information content (AvgIpc) is 2.76. The molecule has 0 aromatic rings. The Hall–Kier alpha value is -0.360. The molecule has 1 unspecified atom stereocenters. The number of rotatable bonds is 8. The van der Waals surface area contributed by atoms with Crippen molar-refractivity contribution in [1.82, 2.24) is 5.32 Å². The largest absolute Gasteiger partial charge is 0.370 e. The summed E-state index contributed by atoms with van der Waals surface area (Å²) in [6.45, 7) is 0.364. The van der Waals surface area contributed by atoms with Crippen molar-refractivity contribution in [1.29, 1.82) is 0 Å². The standard InChI is InChI=1S/C11H20N2O2S2/c12-10(14)5-7-13-11(15)4-2-1-3-9-6-8-16-17-9/h9H,1-8H2,(H2,12,14)(H,13,15). The third kappa shape index (κ3) is 7.54. The van der Waals surface area contributed by atoms with Gasteiger partial charge in [0.1, 0.15) is 0 Å². The molecule has 98 valence electrons. The number of unbranched alkanes of at least 4 members (excludes halogenated alkanes) is 1. The summed E-state index contributed by atoms with van der Waals surface area (Å²) in [6, 6.07) is 0. The van der Waals surface area contributed by atoms with Gasteiger partial charge in [0, 0.05) is 30.4 Å². The quantitative estimate of drug-likeness (QED) is 0.523. The molecule has 0 aromatic heterocycles. The highest BCUT2D eigenvalue weighted by atomic mass is 33.1. The minimum absolute atomic E-state index is 0.0275. The minimum atomic E-state index is -0.374. The summed E-state index contributed by atoms with van der Waals surface area (Å²) in [6.07, 6.45) is 5.35. The second-order valence-electron chi connectivity index (χ2n) is 4.14. The highest BCUT2D eigenvalue weighted by Crippen LogP contribution is 2.39. The molecule has 17 heavy (non-hydrogen) atoms. The molecule has 0 radical (unpaired) electrons. The van der Waals surface area contributed by atoms with Gasteiger partial charge in [-0.15, -0.1) is 0 Å². The van der Waals surface area contributed by atoms with E-state index in [0.29, 0.717) is 13.0 Å². The lowest BCUT2D eigenvalue weighted by atomic mass is 10.1. The Morgan fingerprint density at radius 3 is 2.76 bits per heavy atom. The highest BCUT2D eigenvalue weighted by Gasteiger charge is 2.15. The first-order chi connectivity index (χ1) is 8.18. The lowest BCUT2D eigenvalue weighted by Gasteiger charge is -2.07. The van der Waals surface area contributed by atoms with E-state index >= 15 is 0 Å². The Labute approximate surface area is 110 Å². The van der Waals surface area contributed by atoms with Crippen LogP contribution in [0.2, 0.25) is 0 Å². The van der Waals surface area contributed by atoms with Crippen LogP contribution in [-0.2, 0) is 9.59 Å². The van der Waals surface area contributed by atoms with Crippen LogP contribution in [0.1, 0.15) is 38.5 Å². The summed E-state index contributed by atoms with van der Waals surface area (Å²) in [5, 5.41) is 3.48. The molecule has 0 spiro atoms. The molecule has 1 rings (SSSR count). The van der Waals surface area contributed by atoms with Gasteiger partial charge in [-0.1, -0.05) is 28.0 Å². The molecule has 1 aliphatic heterocycles. The first-order valence-corrected chi connectivity index (χ1v) is 8.40. The van der Waals surface area contributed by atoms with Gasteiger partial charge in [0.05, 0.1) is 0 Å². The van der Waals surface area contributed by atoms with E-state index in [9.17, 15) is 9.59 Å². The smallest absolute Gasteiger partial charge is 0.220 e. The highest BCUT2D eigenvalue weighted by molar-refractivity contribution is 8.77. The summed E-state index contributed by atoms with van der Waals surface area (Å²) in [5.74, 6) is 0.920. The molecule has 0 aliphatic carbocycles. The van der Waals surface area contributed by atoms with Crippen LogP contribution in [0, 0.1) is 0 Å². The molecule has 3 N–H and O–H groups in total. The molecule has 1 aliphatic rings. The van der Waals surface area contributed by atoms with Crippen LogP contribution >= 0.6 is 21.6 Å². The van der Waals surface area contributed by atoms with Crippen molar-refractivity contribution < 1.29 is 9.59 Å². The first kappa shape index (κ1) is 14.7. The number of hydrogen-bond donors (Lipinski definition) is 2. The fraction of sp³-hybridized carbons (Fsp3) is 0.818. The molecular weight excluding hydrogens is 256 g/mol. The summed E-state index contributed by atoms with van der Waals surface area (Å²) in [5.41, 5.74) is 4.98. The van der Waals surface area contributed by atoms with Crippen molar-refractivity contribution in [2.75, 3.05) is 12.3 Å². The topological polar surface area (TPSA) is 72.2 Å². The minimum Gasteiger partial charge on any atom is -0.370 e. The van der Waals surface area contributed by atoms with Gasteiger partial charge in [-0.25, -0.2) is 0 Å². The predicted octanol–water partition coefficient (Wildman–Crippen LogP) is 1.69. The van der Waals surface area contributed by atoms with E-state index in [1.807, 2.05) is 21.6 Å². The van der Waals surface area contributed by atoms with Gasteiger partial charge in [0.25, 0.3) is 0 Å². The molecule has 1 heterocycles. The molecule has 0 bridgehead atoms. The van der Waals surface area contributed by atoms with Gasteiger partial charge in [-0.3, -0.25) is 9.59 Å². The number of amides is 2. The fourth-order valence-electron chi connectivity index (χ4n) is 1.64. The van der Waals surface area contributed by atoms with E-state index in [1.165, 1.54) is 18.6 Å². The van der Waals surface area contributed by atoms with Gasteiger partial charge in [0.15, 0.2) is 0 Å². The summed E-state index contributed by atoms with van der Waals surface area (Å²) in [7, 11) is 3.94. The summed E-state index contributed by atoms with van der Waals surface area (Å²) in [4.78, 5) is 21.8. The van der Waals surface area contributed by atoms with Crippen LogP contribution in [0.4, 0.5) is 0 Å². The maximum absolute atomic E-state index is 11.3. The van der Waals surface area contributed by atoms with Crippen molar-refractivity contribution in [3.05, 3.63) is 0 Å². The normalized spacial score (nSPS) is 19.2. The van der Waals surface area contributed by atoms with Gasteiger partial charge < -0.3 is 11.1 Å². The van der Waals surface area contributed by atoms with Gasteiger partial charge in [0.2, 0.25) is 11.8 Å². The summed E-state index contributed by atoms with van der Waals surface area (Å²) < 4.78 is 0. The number of hydrogen-bond acceptors (Lipinski definition) is 4. The van der Waals surface area contributed by atoms with Gasteiger partial charge in [-0.05, 0) is 19.3 Å². The Kier molecular flexibility index (Phi) is 7.51. The van der Waals surface area contributed by atoms with Crippen molar-refractivity contribution in [2.24, 2.45) is 5.73 Å². The van der Waals surface area contributed by atoms with Crippen molar-refractivity contribution in [2.45, 2.75) is 43.8 Å². The van der Waals surface area contributed by atoms with E-state index in [-0.39, 0.29) is 18.2 Å². The lowest BCUT2D eigenvalue weighted by molar-refractivity contribution is -0.121. The Balaban J connectivity index is 1.90. The van der Waals surface area contributed by atoms with Crippen LogP contribution in [0.25, 0.3) is 0 Å². The van der Waals surface area contributed by atoms with Crippen LogP contribution in [0.15, 0.2) is 0 Å². The first-order valence-electron chi connectivity index (χ1n) is 6.02. The predicted molar refractivity (Wildman–Crippen MR) is 73.7 cm³/mol. The SMILES string of the molecule is NC(=O)CCNC(=O)CCCCC1CCSS1. The third-order valence-electron chi connectivity index (χ3n) is 2.60. The molecular formula is C11H20N2O2S2. The number of carbonyl (C=O) groups is 2. The molecule has 1 fully saturated rings. The molecule has 4 nitrogen and oxygen atoms in total. The van der Waals surface area contributed by atoms with E-state index in [4.69, 9.17) is 5.73 Å². The number of primary amides is 1. The van der Waals surface area contributed by atoms with E-state index < -0.39 is 0 Å². The zero-order chi connectivity index (χ0) is 12.5. The van der Waals surface area contributed by atoms with E-state index in [0.717, 1.165) is 18.1 Å². The van der Waals surface area contributed by atoms with Crippen LogP contribution in [-0.4, -0.2) is 29.4 Å². The zero-order valence-corrected chi connectivity index (χ0v) is 11.6. The zero-order valence-electron chi connectivity index (χ0n) is 9.94. The Bertz CT molecular complexity index is 256. The molecule has 2 amide bonds. The lowest BCUT2D eigenvalue weighted by Crippen LogP contribution is -2.27. The van der Waals surface area contributed by atoms with E-state index in [1.54, 1.807) is 0 Å². The maximum Gasteiger partial charge on any atom is 0.220 e. The third-order valence-corrected chi connectivity index (χ3v) is 5.61. The Morgan fingerprint density at radius 2 is 2.12 bits per heavy atom. The second-order valence-corrected chi connectivity index (χ2v) is 6.93. The van der Waals surface area contributed by atoms with Crippen LogP contribution < -0.4 is 11.1 Å². The van der Waals surface area contributed by atoms with Gasteiger partial charge in [-0.2, -0.15) is 0 Å². The Morgan fingerprint density at radius 1 is 1.29 bits per heavy atom. The monoisotopic (exact) mass is 276 g/mol. The van der Waals surface area contributed by atoms with Gasteiger partial charge >= 0.3 is 0 Å². The number of carbonyl (C=O) groups excluding carboxylic acids is 2. The maximum atomic E-state index is 11.3. The second kappa shape index (κ2) is 8.69. The number of nitrogens with one attached hydrogen (secondary N) is 1. The van der Waals surface area contributed by atoms with Crippen LogP contribution in [0.3, 0.4) is 0 Å². The molecule has 0 saturated carbocycles. The molecule has 0 aromatic carbocycles. The van der Waals surface area contributed by atoms with E-state index in [2.05, 4.69) is 5.32 Å².